The molecule has 0 bridgehead atoms. The van der Waals surface area contributed by atoms with Crippen LogP contribution in [0.2, 0.25) is 0 Å². The average molecular weight is 259 g/mol. The van der Waals surface area contributed by atoms with Gasteiger partial charge in [-0.05, 0) is 42.7 Å². The van der Waals surface area contributed by atoms with Crippen molar-refractivity contribution in [2.24, 2.45) is 21.9 Å². The van der Waals surface area contributed by atoms with Crippen molar-refractivity contribution in [3.05, 3.63) is 29.8 Å². The molecule has 1 aromatic rings. The molecular weight excluding hydrogens is 238 g/mol. The highest BCUT2D eigenvalue weighted by Crippen LogP contribution is 2.22. The van der Waals surface area contributed by atoms with E-state index in [0.29, 0.717) is 11.8 Å². The minimum atomic E-state index is 0.361. The summed E-state index contributed by atoms with van der Waals surface area (Å²) >= 11 is 0. The summed E-state index contributed by atoms with van der Waals surface area (Å²) in [5, 5.41) is 8.27. The highest BCUT2D eigenvalue weighted by atomic mass is 16.5. The van der Waals surface area contributed by atoms with Gasteiger partial charge >= 0.3 is 0 Å². The molecule has 0 radical (unpaired) electrons. The van der Waals surface area contributed by atoms with Gasteiger partial charge in [0.25, 0.3) is 0 Å². The molecular formula is C15H21N3O. The van der Waals surface area contributed by atoms with Gasteiger partial charge in [-0.3, -0.25) is 0 Å². The van der Waals surface area contributed by atoms with E-state index in [1.807, 2.05) is 24.3 Å². The molecule has 0 fully saturated rings. The largest absolute Gasteiger partial charge is 0.494 e. The standard InChI is InChI=1S/C15H21N3O/c1-3-9-19-13-7-5-12(6-8-13)15-11(4-2)10-14(16)17-18-15/h5-8,11H,3-4,9-10H2,1-2H3,(H2,16,17). The Balaban J connectivity index is 2.16. The van der Waals surface area contributed by atoms with Crippen molar-refractivity contribution < 1.29 is 4.74 Å². The Bertz CT molecular complexity index is 477. The van der Waals surface area contributed by atoms with E-state index < -0.39 is 0 Å². The van der Waals surface area contributed by atoms with Gasteiger partial charge in [-0.15, -0.1) is 5.10 Å². The minimum absolute atomic E-state index is 0.361. The summed E-state index contributed by atoms with van der Waals surface area (Å²) in [4.78, 5) is 0. The maximum absolute atomic E-state index is 5.74. The minimum Gasteiger partial charge on any atom is -0.494 e. The van der Waals surface area contributed by atoms with Gasteiger partial charge in [0.2, 0.25) is 0 Å². The Morgan fingerprint density at radius 1 is 1.21 bits per heavy atom. The zero-order chi connectivity index (χ0) is 13.7. The zero-order valence-electron chi connectivity index (χ0n) is 11.6. The summed E-state index contributed by atoms with van der Waals surface area (Å²) in [6, 6.07) is 8.07. The first-order chi connectivity index (χ1) is 9.24. The predicted molar refractivity (Wildman–Crippen MR) is 78.8 cm³/mol. The Morgan fingerprint density at radius 2 is 1.95 bits per heavy atom. The van der Waals surface area contributed by atoms with Crippen LogP contribution in [0.15, 0.2) is 34.5 Å². The van der Waals surface area contributed by atoms with Crippen molar-refractivity contribution >= 4 is 11.5 Å². The fourth-order valence-corrected chi connectivity index (χ4v) is 2.16. The Morgan fingerprint density at radius 3 is 2.58 bits per heavy atom. The molecule has 0 aliphatic carbocycles. The van der Waals surface area contributed by atoms with Crippen molar-refractivity contribution in [1.29, 1.82) is 0 Å². The Labute approximate surface area is 114 Å². The van der Waals surface area contributed by atoms with Crippen molar-refractivity contribution in [2.45, 2.75) is 33.1 Å². The first-order valence-electron chi connectivity index (χ1n) is 6.87. The van der Waals surface area contributed by atoms with Gasteiger partial charge in [-0.25, -0.2) is 0 Å². The quantitative estimate of drug-likeness (QED) is 0.883. The van der Waals surface area contributed by atoms with E-state index in [9.17, 15) is 0 Å². The number of benzene rings is 1. The van der Waals surface area contributed by atoms with Gasteiger partial charge in [0.15, 0.2) is 0 Å². The Hall–Kier alpha value is -1.84. The van der Waals surface area contributed by atoms with E-state index in [1.165, 1.54) is 0 Å². The number of hydrogen-bond donors (Lipinski definition) is 1. The molecule has 1 aliphatic heterocycles. The predicted octanol–water partition coefficient (Wildman–Crippen LogP) is 2.97. The second-order valence-electron chi connectivity index (χ2n) is 4.76. The lowest BCUT2D eigenvalue weighted by atomic mass is 9.90. The molecule has 4 nitrogen and oxygen atoms in total. The van der Waals surface area contributed by atoms with Crippen molar-refractivity contribution in [1.82, 2.24) is 0 Å². The number of ether oxygens (including phenoxy) is 1. The highest BCUT2D eigenvalue weighted by molar-refractivity contribution is 6.05. The second kappa shape index (κ2) is 6.36. The zero-order valence-corrected chi connectivity index (χ0v) is 11.6. The van der Waals surface area contributed by atoms with Crippen LogP contribution in [-0.4, -0.2) is 18.2 Å². The number of hydrogen-bond acceptors (Lipinski definition) is 4. The lowest BCUT2D eigenvalue weighted by molar-refractivity contribution is 0.317. The summed E-state index contributed by atoms with van der Waals surface area (Å²) in [6.45, 7) is 5.00. The van der Waals surface area contributed by atoms with Crippen molar-refractivity contribution in [2.75, 3.05) is 6.61 Å². The molecule has 0 amide bonds. The SMILES string of the molecule is CCCOc1ccc(C2=NN=C(N)CC2CC)cc1. The first kappa shape index (κ1) is 13.6. The molecule has 4 heteroatoms. The van der Waals surface area contributed by atoms with E-state index in [4.69, 9.17) is 10.5 Å². The van der Waals surface area contributed by atoms with Crippen LogP contribution in [0.3, 0.4) is 0 Å². The van der Waals surface area contributed by atoms with Crippen LogP contribution >= 0.6 is 0 Å². The second-order valence-corrected chi connectivity index (χ2v) is 4.76. The summed E-state index contributed by atoms with van der Waals surface area (Å²) < 4.78 is 5.58. The van der Waals surface area contributed by atoms with Gasteiger partial charge in [-0.2, -0.15) is 5.10 Å². The molecule has 1 aromatic carbocycles. The molecule has 0 aromatic heterocycles. The van der Waals surface area contributed by atoms with Crippen molar-refractivity contribution in [3.8, 4) is 5.75 Å². The number of rotatable bonds is 5. The molecule has 102 valence electrons. The third-order valence-electron chi connectivity index (χ3n) is 3.24. The molecule has 2 N–H and O–H groups in total. The number of amidine groups is 1. The number of nitrogens with zero attached hydrogens (tertiary/aromatic N) is 2. The van der Waals surface area contributed by atoms with E-state index in [2.05, 4.69) is 24.1 Å². The normalized spacial score (nSPS) is 18.7. The molecule has 1 atom stereocenters. The fourth-order valence-electron chi connectivity index (χ4n) is 2.16. The average Bonchev–Trinajstić information content (AvgIpc) is 2.45. The molecule has 0 saturated heterocycles. The number of nitrogens with two attached hydrogens (primary N) is 1. The van der Waals surface area contributed by atoms with Crippen LogP contribution in [0.5, 0.6) is 5.75 Å². The van der Waals surface area contributed by atoms with E-state index >= 15 is 0 Å². The van der Waals surface area contributed by atoms with Gasteiger partial charge in [-0.1, -0.05) is 13.8 Å². The molecule has 0 spiro atoms. The maximum Gasteiger partial charge on any atom is 0.123 e. The van der Waals surface area contributed by atoms with Crippen LogP contribution in [0.25, 0.3) is 0 Å². The van der Waals surface area contributed by atoms with Gasteiger partial charge in [0.05, 0.1) is 12.3 Å². The lowest BCUT2D eigenvalue weighted by Gasteiger charge is -2.20. The molecule has 1 aliphatic rings. The molecule has 19 heavy (non-hydrogen) atoms. The highest BCUT2D eigenvalue weighted by Gasteiger charge is 2.21. The van der Waals surface area contributed by atoms with Gasteiger partial charge < -0.3 is 10.5 Å². The summed E-state index contributed by atoms with van der Waals surface area (Å²) in [7, 11) is 0. The topological polar surface area (TPSA) is 60.0 Å². The third-order valence-corrected chi connectivity index (χ3v) is 3.24. The van der Waals surface area contributed by atoms with E-state index in [1.54, 1.807) is 0 Å². The van der Waals surface area contributed by atoms with Crippen LogP contribution < -0.4 is 10.5 Å². The van der Waals surface area contributed by atoms with Crippen LogP contribution in [0, 0.1) is 5.92 Å². The Kier molecular flexibility index (Phi) is 4.55. The summed E-state index contributed by atoms with van der Waals surface area (Å²) in [6.07, 6.45) is 2.83. The molecule has 1 unspecified atom stereocenters. The van der Waals surface area contributed by atoms with E-state index in [0.717, 1.165) is 42.9 Å². The van der Waals surface area contributed by atoms with Crippen LogP contribution in [0.1, 0.15) is 38.7 Å². The van der Waals surface area contributed by atoms with Crippen LogP contribution in [0.4, 0.5) is 0 Å². The maximum atomic E-state index is 5.74. The smallest absolute Gasteiger partial charge is 0.123 e. The molecule has 2 rings (SSSR count). The van der Waals surface area contributed by atoms with Gasteiger partial charge in [0.1, 0.15) is 11.6 Å². The summed E-state index contributed by atoms with van der Waals surface area (Å²) in [5.41, 5.74) is 7.87. The van der Waals surface area contributed by atoms with Crippen LogP contribution in [-0.2, 0) is 0 Å². The lowest BCUT2D eigenvalue weighted by Crippen LogP contribution is -2.26. The van der Waals surface area contributed by atoms with Gasteiger partial charge in [0, 0.05) is 12.3 Å². The third kappa shape index (κ3) is 3.34. The molecule has 0 saturated carbocycles. The first-order valence-corrected chi connectivity index (χ1v) is 6.87. The van der Waals surface area contributed by atoms with Crippen molar-refractivity contribution in [3.63, 3.8) is 0 Å². The fraction of sp³-hybridized carbons (Fsp3) is 0.467. The van der Waals surface area contributed by atoms with E-state index in [-0.39, 0.29) is 0 Å². The monoisotopic (exact) mass is 259 g/mol. The molecule has 1 heterocycles. The summed E-state index contributed by atoms with van der Waals surface area (Å²) in [5.74, 6) is 1.89.